The third kappa shape index (κ3) is 2.60. The Morgan fingerprint density at radius 1 is 1.20 bits per heavy atom. The van der Waals surface area contributed by atoms with Gasteiger partial charge in [-0.3, -0.25) is 9.69 Å². The fourth-order valence-corrected chi connectivity index (χ4v) is 4.29. The van der Waals surface area contributed by atoms with Gasteiger partial charge in [-0.1, -0.05) is 6.92 Å². The van der Waals surface area contributed by atoms with Crippen molar-refractivity contribution in [3.05, 3.63) is 0 Å². The van der Waals surface area contributed by atoms with Crippen LogP contribution in [0, 0.1) is 5.41 Å². The number of likely N-dealkylation sites (tertiary alicyclic amines) is 2. The van der Waals surface area contributed by atoms with Crippen LogP contribution in [0.25, 0.3) is 0 Å². The van der Waals surface area contributed by atoms with Crippen molar-refractivity contribution in [2.75, 3.05) is 39.3 Å². The zero-order valence-electron chi connectivity index (χ0n) is 12.9. The fraction of sp³-hybridized carbons (Fsp3) is 0.938. The van der Waals surface area contributed by atoms with Crippen LogP contribution in [0.15, 0.2) is 0 Å². The summed E-state index contributed by atoms with van der Waals surface area (Å²) in [4.78, 5) is 17.8. The molecule has 0 aromatic heterocycles. The van der Waals surface area contributed by atoms with Gasteiger partial charge in [-0.2, -0.15) is 0 Å². The van der Waals surface area contributed by atoms with E-state index in [4.69, 9.17) is 0 Å². The highest BCUT2D eigenvalue weighted by atomic mass is 16.2. The van der Waals surface area contributed by atoms with Crippen LogP contribution in [0.2, 0.25) is 0 Å². The molecule has 3 aliphatic rings. The topological polar surface area (TPSA) is 35.6 Å². The Bertz CT molecular complexity index is 346. The van der Waals surface area contributed by atoms with E-state index in [1.807, 2.05) is 0 Å². The molecule has 0 bridgehead atoms. The summed E-state index contributed by atoms with van der Waals surface area (Å²) in [6.07, 6.45) is 6.91. The number of hydrogen-bond donors (Lipinski definition) is 1. The third-order valence-electron chi connectivity index (χ3n) is 5.80. The maximum Gasteiger partial charge on any atom is 0.228 e. The van der Waals surface area contributed by atoms with E-state index < -0.39 is 0 Å². The monoisotopic (exact) mass is 279 g/mol. The zero-order valence-corrected chi connectivity index (χ0v) is 12.9. The van der Waals surface area contributed by atoms with Crippen LogP contribution in [0.1, 0.15) is 45.4 Å². The standard InChI is InChI=1S/C16H29N3O/c1-2-16(6-8-17-9-7-16)15(20)19-12-5-14(13-19)18-10-3-4-11-18/h14,17H,2-13H2,1H3. The Morgan fingerprint density at radius 2 is 1.90 bits per heavy atom. The molecule has 0 aromatic carbocycles. The quantitative estimate of drug-likeness (QED) is 0.849. The highest BCUT2D eigenvalue weighted by Crippen LogP contribution is 2.36. The van der Waals surface area contributed by atoms with Gasteiger partial charge in [0.2, 0.25) is 5.91 Å². The van der Waals surface area contributed by atoms with E-state index in [-0.39, 0.29) is 5.41 Å². The van der Waals surface area contributed by atoms with Crippen molar-refractivity contribution < 1.29 is 4.79 Å². The maximum absolute atomic E-state index is 13.0. The molecule has 1 unspecified atom stereocenters. The van der Waals surface area contributed by atoms with Crippen LogP contribution in [0.3, 0.4) is 0 Å². The van der Waals surface area contributed by atoms with E-state index >= 15 is 0 Å². The number of rotatable bonds is 3. The molecule has 0 spiro atoms. The molecular formula is C16H29N3O. The first kappa shape index (κ1) is 14.3. The van der Waals surface area contributed by atoms with E-state index in [2.05, 4.69) is 22.0 Å². The van der Waals surface area contributed by atoms with Crippen LogP contribution >= 0.6 is 0 Å². The van der Waals surface area contributed by atoms with Crippen molar-refractivity contribution in [1.82, 2.24) is 15.1 Å². The lowest BCUT2D eigenvalue weighted by molar-refractivity contribution is -0.143. The Kier molecular flexibility index (Phi) is 4.32. The third-order valence-corrected chi connectivity index (χ3v) is 5.80. The van der Waals surface area contributed by atoms with E-state index in [1.165, 1.54) is 32.4 Å². The lowest BCUT2D eigenvalue weighted by atomic mass is 9.75. The van der Waals surface area contributed by atoms with E-state index in [0.717, 1.165) is 45.4 Å². The second kappa shape index (κ2) is 6.02. The number of piperidine rings is 1. The van der Waals surface area contributed by atoms with Gasteiger partial charge < -0.3 is 10.2 Å². The Morgan fingerprint density at radius 3 is 2.55 bits per heavy atom. The Hall–Kier alpha value is -0.610. The van der Waals surface area contributed by atoms with Gasteiger partial charge in [-0.25, -0.2) is 0 Å². The fourth-order valence-electron chi connectivity index (χ4n) is 4.29. The van der Waals surface area contributed by atoms with E-state index in [0.29, 0.717) is 11.9 Å². The lowest BCUT2D eigenvalue weighted by Gasteiger charge is -2.38. The number of carbonyl (C=O) groups excluding carboxylic acids is 1. The van der Waals surface area contributed by atoms with Crippen molar-refractivity contribution in [3.63, 3.8) is 0 Å². The minimum absolute atomic E-state index is 0.0643. The van der Waals surface area contributed by atoms with Crippen molar-refractivity contribution >= 4 is 5.91 Å². The van der Waals surface area contributed by atoms with Gasteiger partial charge in [0.1, 0.15) is 0 Å². The number of nitrogens with zero attached hydrogens (tertiary/aromatic N) is 2. The minimum atomic E-state index is -0.0643. The Labute approximate surface area is 122 Å². The second-order valence-corrected chi connectivity index (χ2v) is 6.82. The van der Waals surface area contributed by atoms with Crippen molar-refractivity contribution in [1.29, 1.82) is 0 Å². The molecule has 4 heteroatoms. The molecule has 0 aliphatic carbocycles. The molecule has 114 valence electrons. The number of hydrogen-bond acceptors (Lipinski definition) is 3. The number of carbonyl (C=O) groups is 1. The van der Waals surface area contributed by atoms with Crippen LogP contribution < -0.4 is 5.32 Å². The minimum Gasteiger partial charge on any atom is -0.341 e. The molecule has 0 saturated carbocycles. The van der Waals surface area contributed by atoms with Gasteiger partial charge in [0.05, 0.1) is 5.41 Å². The molecule has 3 fully saturated rings. The molecule has 0 aromatic rings. The molecule has 3 heterocycles. The average molecular weight is 279 g/mol. The number of amides is 1. The predicted molar refractivity (Wildman–Crippen MR) is 80.6 cm³/mol. The summed E-state index contributed by atoms with van der Waals surface area (Å²) in [6, 6.07) is 0.636. The zero-order chi connectivity index (χ0) is 14.0. The van der Waals surface area contributed by atoms with Gasteiger partial charge in [0.15, 0.2) is 0 Å². The molecule has 0 radical (unpaired) electrons. The van der Waals surface area contributed by atoms with Gasteiger partial charge >= 0.3 is 0 Å². The predicted octanol–water partition coefficient (Wildman–Crippen LogP) is 1.46. The molecular weight excluding hydrogens is 250 g/mol. The van der Waals surface area contributed by atoms with Gasteiger partial charge in [0.25, 0.3) is 0 Å². The molecule has 4 nitrogen and oxygen atoms in total. The van der Waals surface area contributed by atoms with Crippen LogP contribution in [-0.4, -0.2) is 61.0 Å². The van der Waals surface area contributed by atoms with Crippen molar-refractivity contribution in [3.8, 4) is 0 Å². The first-order chi connectivity index (χ1) is 9.75. The maximum atomic E-state index is 13.0. The molecule has 3 aliphatic heterocycles. The average Bonchev–Trinajstić information content (AvgIpc) is 3.17. The largest absolute Gasteiger partial charge is 0.341 e. The second-order valence-electron chi connectivity index (χ2n) is 6.82. The summed E-state index contributed by atoms with van der Waals surface area (Å²) in [5.41, 5.74) is -0.0643. The Balaban J connectivity index is 1.62. The van der Waals surface area contributed by atoms with Crippen LogP contribution in [0.5, 0.6) is 0 Å². The highest BCUT2D eigenvalue weighted by Gasteiger charge is 2.43. The van der Waals surface area contributed by atoms with Gasteiger partial charge in [0, 0.05) is 19.1 Å². The lowest BCUT2D eigenvalue weighted by Crippen LogP contribution is -2.49. The molecule has 20 heavy (non-hydrogen) atoms. The summed E-state index contributed by atoms with van der Waals surface area (Å²) in [7, 11) is 0. The van der Waals surface area contributed by atoms with Crippen LogP contribution in [-0.2, 0) is 4.79 Å². The summed E-state index contributed by atoms with van der Waals surface area (Å²) in [5, 5.41) is 3.39. The van der Waals surface area contributed by atoms with Gasteiger partial charge in [-0.05, 0) is 64.7 Å². The summed E-state index contributed by atoms with van der Waals surface area (Å²) >= 11 is 0. The summed E-state index contributed by atoms with van der Waals surface area (Å²) in [5.74, 6) is 0.447. The van der Waals surface area contributed by atoms with E-state index in [1.54, 1.807) is 0 Å². The van der Waals surface area contributed by atoms with Crippen molar-refractivity contribution in [2.24, 2.45) is 5.41 Å². The molecule has 3 rings (SSSR count). The molecule has 1 atom stereocenters. The van der Waals surface area contributed by atoms with Crippen molar-refractivity contribution in [2.45, 2.75) is 51.5 Å². The normalized spacial score (nSPS) is 30.9. The number of nitrogens with one attached hydrogen (secondary N) is 1. The van der Waals surface area contributed by atoms with Gasteiger partial charge in [-0.15, -0.1) is 0 Å². The van der Waals surface area contributed by atoms with E-state index in [9.17, 15) is 4.79 Å². The summed E-state index contributed by atoms with van der Waals surface area (Å²) in [6.45, 7) is 8.65. The van der Waals surface area contributed by atoms with Crippen LogP contribution in [0.4, 0.5) is 0 Å². The first-order valence-electron chi connectivity index (χ1n) is 8.49. The smallest absolute Gasteiger partial charge is 0.228 e. The first-order valence-corrected chi connectivity index (χ1v) is 8.49. The molecule has 3 saturated heterocycles. The molecule has 1 N–H and O–H groups in total. The molecule has 1 amide bonds. The SMILES string of the molecule is CCC1(C(=O)N2CCC(N3CCCC3)C2)CCNCC1. The highest BCUT2D eigenvalue weighted by molar-refractivity contribution is 5.83. The summed E-state index contributed by atoms with van der Waals surface area (Å²) < 4.78 is 0.